The second-order valence-corrected chi connectivity index (χ2v) is 5.70. The predicted molar refractivity (Wildman–Crippen MR) is 75.4 cm³/mol. The summed E-state index contributed by atoms with van der Waals surface area (Å²) >= 11 is 0. The summed E-state index contributed by atoms with van der Waals surface area (Å²) in [6.07, 6.45) is 5.20. The third-order valence-electron chi connectivity index (χ3n) is 3.88. The molecule has 0 saturated heterocycles. The van der Waals surface area contributed by atoms with Crippen LogP contribution in [0, 0.1) is 18.8 Å². The van der Waals surface area contributed by atoms with E-state index in [2.05, 4.69) is 29.1 Å². The molecule has 1 aliphatic carbocycles. The van der Waals surface area contributed by atoms with Crippen LogP contribution in [0.15, 0.2) is 6.07 Å². The fourth-order valence-electron chi connectivity index (χ4n) is 2.99. The van der Waals surface area contributed by atoms with Gasteiger partial charge in [-0.3, -0.25) is 0 Å². The van der Waals surface area contributed by atoms with E-state index in [0.717, 1.165) is 17.4 Å². The molecular weight excluding hydrogens is 224 g/mol. The summed E-state index contributed by atoms with van der Waals surface area (Å²) in [7, 11) is 0. The van der Waals surface area contributed by atoms with E-state index in [1.165, 1.54) is 25.7 Å². The predicted octanol–water partition coefficient (Wildman–Crippen LogP) is 2.99. The van der Waals surface area contributed by atoms with E-state index in [4.69, 9.17) is 5.73 Å². The highest BCUT2D eigenvalue weighted by Gasteiger charge is 2.27. The zero-order chi connectivity index (χ0) is 13.1. The molecule has 1 aromatic heterocycles. The fraction of sp³-hybridized carbons (Fsp3) is 0.714. The minimum atomic E-state index is 0.356. The van der Waals surface area contributed by atoms with Gasteiger partial charge in [0.05, 0.1) is 0 Å². The minimum Gasteiger partial charge on any atom is -0.368 e. The van der Waals surface area contributed by atoms with Gasteiger partial charge in [0.15, 0.2) is 0 Å². The number of aryl methyl sites for hydroxylation is 1. The molecule has 0 aromatic carbocycles. The van der Waals surface area contributed by atoms with Crippen LogP contribution >= 0.6 is 0 Å². The Labute approximate surface area is 109 Å². The molecular formula is C14H24N4. The van der Waals surface area contributed by atoms with Crippen molar-refractivity contribution in [1.29, 1.82) is 0 Å². The molecule has 18 heavy (non-hydrogen) atoms. The lowest BCUT2D eigenvalue weighted by molar-refractivity contribution is 0.253. The molecule has 100 valence electrons. The summed E-state index contributed by atoms with van der Waals surface area (Å²) in [5.74, 6) is 2.67. The number of rotatable bonds is 3. The van der Waals surface area contributed by atoms with Crippen molar-refractivity contribution in [2.45, 2.75) is 52.5 Å². The maximum atomic E-state index is 5.70. The van der Waals surface area contributed by atoms with E-state index in [9.17, 15) is 0 Å². The monoisotopic (exact) mass is 248 g/mol. The normalized spacial score (nSPS) is 24.2. The van der Waals surface area contributed by atoms with Crippen molar-refractivity contribution in [2.75, 3.05) is 11.1 Å². The Morgan fingerprint density at radius 3 is 2.67 bits per heavy atom. The molecule has 1 fully saturated rings. The molecule has 0 radical (unpaired) electrons. The van der Waals surface area contributed by atoms with Gasteiger partial charge in [-0.1, -0.05) is 26.7 Å². The SMILES string of the molecule is Cc1cc(NC2CCCCC2C(C)C)nc(N)n1. The summed E-state index contributed by atoms with van der Waals surface area (Å²) in [6, 6.07) is 2.50. The van der Waals surface area contributed by atoms with E-state index in [1.807, 2.05) is 13.0 Å². The molecule has 1 heterocycles. The van der Waals surface area contributed by atoms with Crippen LogP contribution in [0.1, 0.15) is 45.2 Å². The number of nitrogens with zero attached hydrogens (tertiary/aromatic N) is 2. The van der Waals surface area contributed by atoms with Crippen LogP contribution in [-0.2, 0) is 0 Å². The lowest BCUT2D eigenvalue weighted by atomic mass is 9.78. The van der Waals surface area contributed by atoms with Gasteiger partial charge in [-0.15, -0.1) is 0 Å². The van der Waals surface area contributed by atoms with Crippen molar-refractivity contribution in [2.24, 2.45) is 11.8 Å². The molecule has 4 nitrogen and oxygen atoms in total. The largest absolute Gasteiger partial charge is 0.368 e. The highest BCUT2D eigenvalue weighted by atomic mass is 15.1. The number of aromatic nitrogens is 2. The molecule has 0 aliphatic heterocycles. The minimum absolute atomic E-state index is 0.356. The van der Waals surface area contributed by atoms with Gasteiger partial charge in [0.25, 0.3) is 0 Å². The Kier molecular flexibility index (Phi) is 4.04. The van der Waals surface area contributed by atoms with Crippen molar-refractivity contribution >= 4 is 11.8 Å². The standard InChI is InChI=1S/C14H24N4/c1-9(2)11-6-4-5-7-12(11)17-13-8-10(3)16-14(15)18-13/h8-9,11-12H,4-7H2,1-3H3,(H3,15,16,17,18). The first-order valence-corrected chi connectivity index (χ1v) is 6.94. The zero-order valence-electron chi connectivity index (χ0n) is 11.6. The molecule has 1 aliphatic rings. The van der Waals surface area contributed by atoms with Gasteiger partial charge in [-0.05, 0) is 31.6 Å². The third-order valence-corrected chi connectivity index (χ3v) is 3.88. The first-order valence-electron chi connectivity index (χ1n) is 6.94. The number of hydrogen-bond donors (Lipinski definition) is 2. The first kappa shape index (κ1) is 13.1. The van der Waals surface area contributed by atoms with Crippen LogP contribution < -0.4 is 11.1 Å². The van der Waals surface area contributed by atoms with Gasteiger partial charge in [0.1, 0.15) is 5.82 Å². The summed E-state index contributed by atoms with van der Waals surface area (Å²) in [5.41, 5.74) is 6.62. The summed E-state index contributed by atoms with van der Waals surface area (Å²) in [6.45, 7) is 6.57. The first-order chi connectivity index (χ1) is 8.56. The number of nitrogen functional groups attached to an aromatic ring is 1. The van der Waals surface area contributed by atoms with Crippen LogP contribution in [-0.4, -0.2) is 16.0 Å². The smallest absolute Gasteiger partial charge is 0.222 e. The van der Waals surface area contributed by atoms with Crippen molar-refractivity contribution < 1.29 is 0 Å². The molecule has 2 atom stereocenters. The maximum absolute atomic E-state index is 5.70. The number of anilines is 2. The Balaban J connectivity index is 2.10. The van der Waals surface area contributed by atoms with E-state index in [1.54, 1.807) is 0 Å². The number of nitrogens with two attached hydrogens (primary N) is 1. The second-order valence-electron chi connectivity index (χ2n) is 5.70. The molecule has 2 unspecified atom stereocenters. The Hall–Kier alpha value is -1.32. The van der Waals surface area contributed by atoms with Crippen LogP contribution in [0.25, 0.3) is 0 Å². The summed E-state index contributed by atoms with van der Waals surface area (Å²) in [5, 5.41) is 3.56. The quantitative estimate of drug-likeness (QED) is 0.863. The van der Waals surface area contributed by atoms with Gasteiger partial charge < -0.3 is 11.1 Å². The van der Waals surface area contributed by atoms with E-state index >= 15 is 0 Å². The summed E-state index contributed by atoms with van der Waals surface area (Å²) < 4.78 is 0. The molecule has 1 saturated carbocycles. The van der Waals surface area contributed by atoms with Gasteiger partial charge in [-0.2, -0.15) is 4.98 Å². The van der Waals surface area contributed by atoms with E-state index < -0.39 is 0 Å². The molecule has 0 bridgehead atoms. The van der Waals surface area contributed by atoms with E-state index in [-0.39, 0.29) is 0 Å². The fourth-order valence-corrected chi connectivity index (χ4v) is 2.99. The Morgan fingerprint density at radius 2 is 2.00 bits per heavy atom. The highest BCUT2D eigenvalue weighted by molar-refractivity contribution is 5.41. The van der Waals surface area contributed by atoms with Crippen molar-refractivity contribution in [3.63, 3.8) is 0 Å². The maximum Gasteiger partial charge on any atom is 0.222 e. The van der Waals surface area contributed by atoms with Crippen LogP contribution in [0.3, 0.4) is 0 Å². The molecule has 0 amide bonds. The molecule has 0 spiro atoms. The average Bonchev–Trinajstić information content (AvgIpc) is 2.27. The second kappa shape index (κ2) is 5.55. The molecule has 2 rings (SSSR count). The average molecular weight is 248 g/mol. The molecule has 3 N–H and O–H groups in total. The van der Waals surface area contributed by atoms with Crippen molar-refractivity contribution in [1.82, 2.24) is 9.97 Å². The number of hydrogen-bond acceptors (Lipinski definition) is 4. The highest BCUT2D eigenvalue weighted by Crippen LogP contribution is 2.32. The summed E-state index contributed by atoms with van der Waals surface area (Å²) in [4.78, 5) is 8.39. The lowest BCUT2D eigenvalue weighted by Crippen LogP contribution is -2.35. The third kappa shape index (κ3) is 3.12. The van der Waals surface area contributed by atoms with Crippen molar-refractivity contribution in [3.8, 4) is 0 Å². The number of nitrogens with one attached hydrogen (secondary N) is 1. The Morgan fingerprint density at radius 1 is 1.28 bits per heavy atom. The van der Waals surface area contributed by atoms with Gasteiger partial charge in [0, 0.05) is 17.8 Å². The lowest BCUT2D eigenvalue weighted by Gasteiger charge is -2.35. The van der Waals surface area contributed by atoms with Crippen LogP contribution in [0.4, 0.5) is 11.8 Å². The molecule has 1 aromatic rings. The van der Waals surface area contributed by atoms with Crippen molar-refractivity contribution in [3.05, 3.63) is 11.8 Å². The zero-order valence-corrected chi connectivity index (χ0v) is 11.6. The van der Waals surface area contributed by atoms with Crippen LogP contribution in [0.2, 0.25) is 0 Å². The van der Waals surface area contributed by atoms with Gasteiger partial charge in [0.2, 0.25) is 5.95 Å². The molecule has 4 heteroatoms. The van der Waals surface area contributed by atoms with Crippen LogP contribution in [0.5, 0.6) is 0 Å². The van der Waals surface area contributed by atoms with E-state index in [0.29, 0.717) is 17.9 Å². The topological polar surface area (TPSA) is 63.8 Å². The van der Waals surface area contributed by atoms with Gasteiger partial charge in [-0.25, -0.2) is 4.98 Å². The van der Waals surface area contributed by atoms with Gasteiger partial charge >= 0.3 is 0 Å². The Bertz CT molecular complexity index is 383.